The summed E-state index contributed by atoms with van der Waals surface area (Å²) in [6.07, 6.45) is -5.12. The first-order chi connectivity index (χ1) is 11.4. The molecule has 0 spiro atoms. The number of imide groups is 1. The summed E-state index contributed by atoms with van der Waals surface area (Å²) in [5.74, 6) is -0.477. The molecule has 1 aromatic heterocycles. The van der Waals surface area contributed by atoms with Crippen LogP contribution in [0.4, 0.5) is 4.79 Å². The molecule has 3 amide bonds. The Hall–Kier alpha value is -2.24. The lowest BCUT2D eigenvalue weighted by Crippen LogP contribution is -2.64. The zero-order chi connectivity index (χ0) is 17.4. The number of hydrogen-bond donors (Lipinski definition) is 5. The van der Waals surface area contributed by atoms with Crippen molar-refractivity contribution in [1.82, 2.24) is 10.2 Å². The molecule has 0 aliphatic carbocycles. The minimum absolute atomic E-state index is 0.105. The predicted octanol–water partition coefficient (Wildman–Crippen LogP) is -2.03. The zero-order valence-corrected chi connectivity index (χ0v) is 12.3. The van der Waals surface area contributed by atoms with Gasteiger partial charge >= 0.3 is 6.03 Å². The van der Waals surface area contributed by atoms with Crippen LogP contribution in [0.5, 0.6) is 0 Å². The average molecular weight is 340 g/mol. The Morgan fingerprint density at radius 2 is 1.96 bits per heavy atom. The van der Waals surface area contributed by atoms with Crippen LogP contribution in [0.2, 0.25) is 0 Å². The van der Waals surface area contributed by atoms with Crippen LogP contribution in [0.15, 0.2) is 28.5 Å². The number of amides is 3. The Balaban J connectivity index is 1.86. The van der Waals surface area contributed by atoms with Crippen LogP contribution >= 0.6 is 0 Å². The highest BCUT2D eigenvalue weighted by molar-refractivity contribution is 6.14. The topological polar surface area (TPSA) is 153 Å². The van der Waals surface area contributed by atoms with E-state index in [1.807, 2.05) is 0 Å². The molecule has 0 unspecified atom stereocenters. The first kappa shape index (κ1) is 16.6. The second-order valence-corrected chi connectivity index (χ2v) is 5.40. The van der Waals surface area contributed by atoms with Gasteiger partial charge in [0.25, 0.3) is 5.91 Å². The van der Waals surface area contributed by atoms with Gasteiger partial charge in [-0.1, -0.05) is 0 Å². The van der Waals surface area contributed by atoms with Crippen LogP contribution in [0, 0.1) is 0 Å². The fraction of sp³-hybridized carbons (Fsp3) is 0.429. The molecule has 1 aromatic rings. The van der Waals surface area contributed by atoms with E-state index in [0.717, 1.165) is 0 Å². The standard InChI is InChI=1S/C14H16N2O8/c17-5-8-9(18)10(19)11(20)13(24-8)16-12(21)7(15-14(16)22)4-6-2-1-3-23-6/h1-4,8-11,13,17-20H,5H2,(H,15,22)/b7-4+/t8-,9+,10+,11-,13-/m1/s1. The molecule has 2 aliphatic heterocycles. The summed E-state index contributed by atoms with van der Waals surface area (Å²) >= 11 is 0. The number of aliphatic hydroxyl groups excluding tert-OH is 4. The van der Waals surface area contributed by atoms with Crippen LogP contribution in [-0.2, 0) is 9.53 Å². The highest BCUT2D eigenvalue weighted by atomic mass is 16.6. The van der Waals surface area contributed by atoms with Gasteiger partial charge in [-0.25, -0.2) is 9.69 Å². The number of rotatable bonds is 3. The summed E-state index contributed by atoms with van der Waals surface area (Å²) < 4.78 is 10.3. The fourth-order valence-corrected chi connectivity index (χ4v) is 2.59. The van der Waals surface area contributed by atoms with Crippen molar-refractivity contribution in [2.45, 2.75) is 30.6 Å². The molecule has 2 aliphatic rings. The molecule has 2 fully saturated rings. The number of nitrogens with zero attached hydrogens (tertiary/aromatic N) is 1. The molecule has 2 saturated heterocycles. The number of carbonyl (C=O) groups excluding carboxylic acids is 2. The van der Waals surface area contributed by atoms with E-state index in [0.29, 0.717) is 10.7 Å². The third kappa shape index (κ3) is 2.70. The third-order valence-electron chi connectivity index (χ3n) is 3.86. The summed E-state index contributed by atoms with van der Waals surface area (Å²) in [4.78, 5) is 25.1. The molecule has 0 radical (unpaired) electrons. The Morgan fingerprint density at radius 1 is 1.21 bits per heavy atom. The monoisotopic (exact) mass is 340 g/mol. The quantitative estimate of drug-likeness (QED) is 0.312. The van der Waals surface area contributed by atoms with Gasteiger partial charge in [0, 0.05) is 6.08 Å². The minimum Gasteiger partial charge on any atom is -0.465 e. The second kappa shape index (κ2) is 6.34. The highest BCUT2D eigenvalue weighted by Gasteiger charge is 2.51. The number of nitrogens with one attached hydrogen (secondary N) is 1. The first-order valence-electron chi connectivity index (χ1n) is 7.14. The van der Waals surface area contributed by atoms with Crippen LogP contribution in [0.1, 0.15) is 5.76 Å². The number of carbonyl (C=O) groups is 2. The zero-order valence-electron chi connectivity index (χ0n) is 12.3. The SMILES string of the molecule is O=C1N/C(=C/c2ccco2)C(=O)N1[C@@H]1O[C@H](CO)[C@H](O)[C@H](O)[C@H]1O. The molecule has 5 atom stereocenters. The summed E-state index contributed by atoms with van der Waals surface area (Å²) in [5, 5.41) is 41.1. The van der Waals surface area contributed by atoms with Gasteiger partial charge in [-0.2, -0.15) is 0 Å². The van der Waals surface area contributed by atoms with E-state index in [4.69, 9.17) is 9.15 Å². The minimum atomic E-state index is -1.74. The van der Waals surface area contributed by atoms with Crippen molar-refractivity contribution < 1.29 is 39.2 Å². The smallest absolute Gasteiger partial charge is 0.331 e. The maximum Gasteiger partial charge on any atom is 0.331 e. The van der Waals surface area contributed by atoms with Crippen molar-refractivity contribution in [2.24, 2.45) is 0 Å². The molecule has 130 valence electrons. The van der Waals surface area contributed by atoms with Gasteiger partial charge in [0.1, 0.15) is 35.9 Å². The Kier molecular flexibility index (Phi) is 4.39. The highest BCUT2D eigenvalue weighted by Crippen LogP contribution is 2.27. The molecule has 10 heteroatoms. The largest absolute Gasteiger partial charge is 0.465 e. The van der Waals surface area contributed by atoms with Crippen molar-refractivity contribution in [1.29, 1.82) is 0 Å². The van der Waals surface area contributed by atoms with E-state index in [1.54, 1.807) is 12.1 Å². The van der Waals surface area contributed by atoms with Gasteiger partial charge in [0.2, 0.25) is 0 Å². The molecule has 0 aromatic carbocycles. The van der Waals surface area contributed by atoms with Crippen molar-refractivity contribution in [3.05, 3.63) is 29.9 Å². The molecule has 10 nitrogen and oxygen atoms in total. The van der Waals surface area contributed by atoms with Gasteiger partial charge in [-0.15, -0.1) is 0 Å². The summed E-state index contributed by atoms with van der Waals surface area (Å²) in [7, 11) is 0. The van der Waals surface area contributed by atoms with Crippen molar-refractivity contribution in [2.75, 3.05) is 6.61 Å². The van der Waals surface area contributed by atoms with E-state index in [1.165, 1.54) is 12.3 Å². The van der Waals surface area contributed by atoms with Crippen LogP contribution in [-0.4, -0.2) is 74.5 Å². The second-order valence-electron chi connectivity index (χ2n) is 5.40. The molecule has 0 bridgehead atoms. The molecular formula is C14H16N2O8. The fourth-order valence-electron chi connectivity index (χ4n) is 2.59. The Labute approximate surface area is 135 Å². The van der Waals surface area contributed by atoms with Gasteiger partial charge in [-0.05, 0) is 12.1 Å². The summed E-state index contributed by atoms with van der Waals surface area (Å²) in [6.45, 7) is -0.666. The lowest BCUT2D eigenvalue weighted by Gasteiger charge is -2.42. The van der Waals surface area contributed by atoms with Gasteiger partial charge in [0.15, 0.2) is 6.23 Å². The lowest BCUT2D eigenvalue weighted by molar-refractivity contribution is -0.253. The summed E-state index contributed by atoms with van der Waals surface area (Å²) in [5.41, 5.74) is -0.105. The van der Waals surface area contributed by atoms with Crippen LogP contribution in [0.25, 0.3) is 6.08 Å². The molecular weight excluding hydrogens is 324 g/mol. The van der Waals surface area contributed by atoms with E-state index in [2.05, 4.69) is 5.32 Å². The molecule has 3 rings (SSSR count). The summed E-state index contributed by atoms with van der Waals surface area (Å²) in [6, 6.07) is 2.30. The Morgan fingerprint density at radius 3 is 2.58 bits per heavy atom. The van der Waals surface area contributed by atoms with Crippen molar-refractivity contribution in [3.8, 4) is 0 Å². The number of furan rings is 1. The van der Waals surface area contributed by atoms with E-state index in [-0.39, 0.29) is 5.70 Å². The lowest BCUT2D eigenvalue weighted by atomic mass is 9.98. The molecule has 0 saturated carbocycles. The number of hydrogen-bond acceptors (Lipinski definition) is 8. The van der Waals surface area contributed by atoms with Gasteiger partial charge < -0.3 is 34.9 Å². The first-order valence-corrected chi connectivity index (χ1v) is 7.14. The maximum absolute atomic E-state index is 12.4. The van der Waals surface area contributed by atoms with E-state index >= 15 is 0 Å². The number of aliphatic hydroxyl groups is 4. The number of urea groups is 1. The molecule has 3 heterocycles. The van der Waals surface area contributed by atoms with Gasteiger partial charge in [0.05, 0.1) is 12.9 Å². The normalized spacial score (nSPS) is 35.6. The molecule has 24 heavy (non-hydrogen) atoms. The molecule has 5 N–H and O–H groups in total. The Bertz CT molecular complexity index is 656. The number of ether oxygens (including phenoxy) is 1. The predicted molar refractivity (Wildman–Crippen MR) is 75.8 cm³/mol. The maximum atomic E-state index is 12.4. The van der Waals surface area contributed by atoms with E-state index < -0.39 is 49.2 Å². The average Bonchev–Trinajstić information content (AvgIpc) is 3.16. The third-order valence-corrected chi connectivity index (χ3v) is 3.86. The van der Waals surface area contributed by atoms with Crippen LogP contribution < -0.4 is 5.32 Å². The van der Waals surface area contributed by atoms with E-state index in [9.17, 15) is 30.0 Å². The van der Waals surface area contributed by atoms with Crippen LogP contribution in [0.3, 0.4) is 0 Å². The van der Waals surface area contributed by atoms with Gasteiger partial charge in [-0.3, -0.25) is 4.79 Å². The van der Waals surface area contributed by atoms with Crippen molar-refractivity contribution >= 4 is 18.0 Å². The van der Waals surface area contributed by atoms with Crippen molar-refractivity contribution in [3.63, 3.8) is 0 Å².